The Morgan fingerprint density at radius 3 is 2.29 bits per heavy atom. The Morgan fingerprint density at radius 1 is 1.00 bits per heavy atom. The van der Waals surface area contributed by atoms with E-state index in [1.54, 1.807) is 0 Å². The molecule has 0 radical (unpaired) electrons. The zero-order valence-corrected chi connectivity index (χ0v) is 8.87. The summed E-state index contributed by atoms with van der Waals surface area (Å²) >= 11 is 0. The Balaban J connectivity index is 1.44. The van der Waals surface area contributed by atoms with Gasteiger partial charge in [-0.15, -0.1) is 0 Å². The summed E-state index contributed by atoms with van der Waals surface area (Å²) in [6.07, 6.45) is 10.1. The zero-order chi connectivity index (χ0) is 9.38. The van der Waals surface area contributed by atoms with Crippen molar-refractivity contribution < 1.29 is 4.74 Å². The predicted molar refractivity (Wildman–Crippen MR) is 56.3 cm³/mol. The molecule has 0 aromatic heterocycles. The number of piperidine rings is 1. The highest BCUT2D eigenvalue weighted by atomic mass is 16.5. The minimum atomic E-state index is 0.578. The molecule has 0 amide bonds. The lowest BCUT2D eigenvalue weighted by atomic mass is 9.86. The van der Waals surface area contributed by atoms with E-state index in [2.05, 4.69) is 5.32 Å². The van der Waals surface area contributed by atoms with Crippen molar-refractivity contribution in [3.63, 3.8) is 0 Å². The third kappa shape index (κ3) is 1.82. The van der Waals surface area contributed by atoms with Gasteiger partial charge in [-0.3, -0.25) is 0 Å². The van der Waals surface area contributed by atoms with Crippen LogP contribution in [0, 0.1) is 5.92 Å². The molecular weight excluding hydrogens is 174 g/mol. The lowest BCUT2D eigenvalue weighted by molar-refractivity contribution is -0.0131. The van der Waals surface area contributed by atoms with Gasteiger partial charge in [0, 0.05) is 18.7 Å². The molecule has 2 saturated heterocycles. The summed E-state index contributed by atoms with van der Waals surface area (Å²) in [7, 11) is 0. The fourth-order valence-electron chi connectivity index (χ4n) is 3.07. The van der Waals surface area contributed by atoms with E-state index in [1.165, 1.54) is 44.9 Å². The molecule has 3 rings (SSSR count). The van der Waals surface area contributed by atoms with Gasteiger partial charge in [0.15, 0.2) is 0 Å². The molecule has 1 saturated carbocycles. The van der Waals surface area contributed by atoms with E-state index in [0.29, 0.717) is 6.10 Å². The first-order valence-corrected chi connectivity index (χ1v) is 6.28. The summed E-state index contributed by atoms with van der Waals surface area (Å²) in [6, 6.07) is 1.56. The average molecular weight is 195 g/mol. The zero-order valence-electron chi connectivity index (χ0n) is 8.87. The maximum Gasteiger partial charge on any atom is 0.0604 e. The van der Waals surface area contributed by atoms with Crippen LogP contribution >= 0.6 is 0 Å². The summed E-state index contributed by atoms with van der Waals surface area (Å²) < 4.78 is 6.03. The standard InChI is InChI=1S/C12H21NO/c1-2-9(3-1)8-14-12-6-10-4-5-11(7-12)13-10/h9-13H,1-8H2/t10-,11+,12?. The van der Waals surface area contributed by atoms with Crippen molar-refractivity contribution in [2.75, 3.05) is 6.61 Å². The SMILES string of the molecule is C1CC(COC2C[C@H]3CC[C@@H](C2)N3)C1. The highest BCUT2D eigenvalue weighted by molar-refractivity contribution is 4.92. The van der Waals surface area contributed by atoms with Crippen molar-refractivity contribution in [3.8, 4) is 0 Å². The van der Waals surface area contributed by atoms with Crippen LogP contribution in [-0.4, -0.2) is 24.8 Å². The molecule has 2 nitrogen and oxygen atoms in total. The molecule has 3 aliphatic rings. The molecule has 3 fully saturated rings. The van der Waals surface area contributed by atoms with E-state index in [0.717, 1.165) is 24.6 Å². The number of nitrogens with one attached hydrogen (secondary N) is 1. The van der Waals surface area contributed by atoms with Gasteiger partial charge in [-0.05, 0) is 44.4 Å². The van der Waals surface area contributed by atoms with Crippen LogP contribution in [0.2, 0.25) is 0 Å². The average Bonchev–Trinajstić information content (AvgIpc) is 2.43. The maximum absolute atomic E-state index is 6.03. The summed E-state index contributed by atoms with van der Waals surface area (Å²) in [6.45, 7) is 1.05. The van der Waals surface area contributed by atoms with E-state index in [-0.39, 0.29) is 0 Å². The van der Waals surface area contributed by atoms with Crippen molar-refractivity contribution >= 4 is 0 Å². The number of ether oxygens (including phenoxy) is 1. The molecule has 0 aromatic rings. The fraction of sp³-hybridized carbons (Fsp3) is 1.00. The van der Waals surface area contributed by atoms with Crippen LogP contribution in [0.25, 0.3) is 0 Å². The molecule has 0 aromatic carbocycles. The van der Waals surface area contributed by atoms with Crippen molar-refractivity contribution in [1.29, 1.82) is 0 Å². The van der Waals surface area contributed by atoms with E-state index < -0.39 is 0 Å². The smallest absolute Gasteiger partial charge is 0.0604 e. The largest absolute Gasteiger partial charge is 0.378 e. The molecule has 1 unspecified atom stereocenters. The van der Waals surface area contributed by atoms with Crippen LogP contribution in [0.3, 0.4) is 0 Å². The van der Waals surface area contributed by atoms with Crippen LogP contribution in [0.4, 0.5) is 0 Å². The molecule has 1 aliphatic carbocycles. The third-order valence-electron chi connectivity index (χ3n) is 4.22. The summed E-state index contributed by atoms with van der Waals surface area (Å²) in [4.78, 5) is 0. The Bertz CT molecular complexity index is 190. The van der Waals surface area contributed by atoms with Crippen LogP contribution in [0.1, 0.15) is 44.9 Å². The molecule has 3 atom stereocenters. The van der Waals surface area contributed by atoms with Gasteiger partial charge in [0.25, 0.3) is 0 Å². The van der Waals surface area contributed by atoms with Gasteiger partial charge in [-0.2, -0.15) is 0 Å². The maximum atomic E-state index is 6.03. The van der Waals surface area contributed by atoms with Crippen molar-refractivity contribution in [2.24, 2.45) is 5.92 Å². The molecule has 0 spiro atoms. The van der Waals surface area contributed by atoms with Gasteiger partial charge in [-0.1, -0.05) is 6.42 Å². The van der Waals surface area contributed by atoms with Crippen LogP contribution < -0.4 is 5.32 Å². The number of hydrogen-bond donors (Lipinski definition) is 1. The summed E-state index contributed by atoms with van der Waals surface area (Å²) in [5, 5.41) is 3.66. The molecule has 2 aliphatic heterocycles. The summed E-state index contributed by atoms with van der Waals surface area (Å²) in [5.74, 6) is 0.905. The van der Waals surface area contributed by atoms with Crippen molar-refractivity contribution in [3.05, 3.63) is 0 Å². The number of hydrogen-bond acceptors (Lipinski definition) is 2. The molecular formula is C12H21NO. The molecule has 2 bridgehead atoms. The number of rotatable bonds is 3. The monoisotopic (exact) mass is 195 g/mol. The lowest BCUT2D eigenvalue weighted by Gasteiger charge is -2.32. The molecule has 14 heavy (non-hydrogen) atoms. The molecule has 1 N–H and O–H groups in total. The van der Waals surface area contributed by atoms with Gasteiger partial charge in [-0.25, -0.2) is 0 Å². The van der Waals surface area contributed by atoms with E-state index in [4.69, 9.17) is 4.74 Å². The van der Waals surface area contributed by atoms with Gasteiger partial charge in [0.1, 0.15) is 0 Å². The second-order valence-electron chi connectivity index (χ2n) is 5.36. The minimum absolute atomic E-state index is 0.578. The Kier molecular flexibility index (Phi) is 2.50. The van der Waals surface area contributed by atoms with Crippen LogP contribution in [0.15, 0.2) is 0 Å². The van der Waals surface area contributed by atoms with Gasteiger partial charge in [0.2, 0.25) is 0 Å². The van der Waals surface area contributed by atoms with Gasteiger partial charge < -0.3 is 10.1 Å². The normalized spacial score (nSPS) is 42.4. The quantitative estimate of drug-likeness (QED) is 0.744. The first-order valence-electron chi connectivity index (χ1n) is 6.28. The van der Waals surface area contributed by atoms with Crippen LogP contribution in [0.5, 0.6) is 0 Å². The first kappa shape index (κ1) is 9.17. The second kappa shape index (κ2) is 3.82. The second-order valence-corrected chi connectivity index (χ2v) is 5.36. The highest BCUT2D eigenvalue weighted by Gasteiger charge is 2.34. The molecule has 80 valence electrons. The van der Waals surface area contributed by atoms with Crippen LogP contribution in [-0.2, 0) is 4.74 Å². The molecule has 2 heteroatoms. The lowest BCUT2D eigenvalue weighted by Crippen LogP contribution is -2.42. The molecule has 2 heterocycles. The Morgan fingerprint density at radius 2 is 1.71 bits per heavy atom. The van der Waals surface area contributed by atoms with Gasteiger partial charge in [0.05, 0.1) is 6.10 Å². The first-order chi connectivity index (χ1) is 6.90. The Hall–Kier alpha value is -0.0800. The Labute approximate surface area is 86.4 Å². The third-order valence-corrected chi connectivity index (χ3v) is 4.22. The fourth-order valence-corrected chi connectivity index (χ4v) is 3.07. The minimum Gasteiger partial charge on any atom is -0.378 e. The predicted octanol–water partition coefficient (Wildman–Crippen LogP) is 2.09. The van der Waals surface area contributed by atoms with E-state index >= 15 is 0 Å². The number of fused-ring (bicyclic) bond motifs is 2. The highest BCUT2D eigenvalue weighted by Crippen LogP contribution is 2.31. The van der Waals surface area contributed by atoms with Crippen molar-refractivity contribution in [2.45, 2.75) is 63.1 Å². The van der Waals surface area contributed by atoms with Crippen molar-refractivity contribution in [1.82, 2.24) is 5.32 Å². The van der Waals surface area contributed by atoms with Gasteiger partial charge >= 0.3 is 0 Å². The summed E-state index contributed by atoms with van der Waals surface area (Å²) in [5.41, 5.74) is 0. The van der Waals surface area contributed by atoms with E-state index in [1.807, 2.05) is 0 Å². The topological polar surface area (TPSA) is 21.3 Å². The van der Waals surface area contributed by atoms with E-state index in [9.17, 15) is 0 Å².